The van der Waals surface area contributed by atoms with E-state index in [0.29, 0.717) is 18.4 Å². The quantitative estimate of drug-likeness (QED) is 0.805. The summed E-state index contributed by atoms with van der Waals surface area (Å²) in [7, 11) is 0. The van der Waals surface area contributed by atoms with Crippen LogP contribution in [0.5, 0.6) is 11.5 Å². The van der Waals surface area contributed by atoms with Crippen molar-refractivity contribution in [1.82, 2.24) is 4.98 Å². The van der Waals surface area contributed by atoms with Crippen LogP contribution >= 0.6 is 11.6 Å². The zero-order valence-electron chi connectivity index (χ0n) is 10.1. The van der Waals surface area contributed by atoms with E-state index in [4.69, 9.17) is 25.8 Å². The molecule has 1 aliphatic heterocycles. The van der Waals surface area contributed by atoms with E-state index in [-0.39, 0.29) is 6.79 Å². The molecule has 19 heavy (non-hydrogen) atoms. The van der Waals surface area contributed by atoms with E-state index in [9.17, 15) is 0 Å². The third-order valence-corrected chi connectivity index (χ3v) is 3.14. The lowest BCUT2D eigenvalue weighted by Gasteiger charge is -2.06. The normalized spacial score (nSPS) is 12.7. The van der Waals surface area contributed by atoms with Gasteiger partial charge in [-0.15, -0.1) is 0 Å². The summed E-state index contributed by atoms with van der Waals surface area (Å²) in [4.78, 5) is 4.00. The number of halogens is 1. The molecule has 98 valence electrons. The molecule has 1 aromatic heterocycles. The molecule has 0 N–H and O–H groups in total. The minimum Gasteiger partial charge on any atom is -0.454 e. The molecule has 0 aliphatic carbocycles. The van der Waals surface area contributed by atoms with Crippen molar-refractivity contribution in [3.05, 3.63) is 52.8 Å². The molecular formula is C14H12ClNO3. The van der Waals surface area contributed by atoms with Gasteiger partial charge in [-0.25, -0.2) is 4.98 Å². The Morgan fingerprint density at radius 3 is 2.95 bits per heavy atom. The maximum atomic E-state index is 5.96. The highest BCUT2D eigenvalue weighted by Gasteiger charge is 2.13. The van der Waals surface area contributed by atoms with Crippen molar-refractivity contribution in [2.75, 3.05) is 6.79 Å². The Balaban J connectivity index is 1.59. The molecule has 0 saturated heterocycles. The summed E-state index contributed by atoms with van der Waals surface area (Å²) in [6.07, 6.45) is 1.66. The fourth-order valence-electron chi connectivity index (χ4n) is 1.84. The van der Waals surface area contributed by atoms with Gasteiger partial charge in [0, 0.05) is 11.8 Å². The van der Waals surface area contributed by atoms with Gasteiger partial charge in [0.05, 0.1) is 13.2 Å². The molecule has 0 fully saturated rings. The zero-order chi connectivity index (χ0) is 13.1. The summed E-state index contributed by atoms with van der Waals surface area (Å²) in [6, 6.07) is 9.50. The third kappa shape index (κ3) is 2.80. The molecule has 0 saturated carbocycles. The molecular weight excluding hydrogens is 266 g/mol. The maximum absolute atomic E-state index is 5.96. The van der Waals surface area contributed by atoms with Crippen LogP contribution in [0.4, 0.5) is 0 Å². The molecule has 5 heteroatoms. The number of pyridine rings is 1. The molecule has 4 nitrogen and oxygen atoms in total. The van der Waals surface area contributed by atoms with Crippen LogP contribution in [0.25, 0.3) is 0 Å². The van der Waals surface area contributed by atoms with Crippen LogP contribution < -0.4 is 9.47 Å². The van der Waals surface area contributed by atoms with Crippen LogP contribution in [0.2, 0.25) is 5.15 Å². The van der Waals surface area contributed by atoms with E-state index in [1.807, 2.05) is 30.3 Å². The van der Waals surface area contributed by atoms with Gasteiger partial charge in [-0.3, -0.25) is 0 Å². The molecule has 0 radical (unpaired) electrons. The van der Waals surface area contributed by atoms with Crippen molar-refractivity contribution in [2.45, 2.75) is 13.2 Å². The lowest BCUT2D eigenvalue weighted by atomic mass is 10.2. The number of ether oxygens (including phenoxy) is 3. The average molecular weight is 278 g/mol. The van der Waals surface area contributed by atoms with Crippen molar-refractivity contribution in [3.63, 3.8) is 0 Å². The van der Waals surface area contributed by atoms with Gasteiger partial charge >= 0.3 is 0 Å². The summed E-state index contributed by atoms with van der Waals surface area (Å²) >= 11 is 5.96. The number of hydrogen-bond donors (Lipinski definition) is 0. The second-order valence-corrected chi connectivity index (χ2v) is 4.49. The van der Waals surface area contributed by atoms with Crippen LogP contribution in [0.15, 0.2) is 36.5 Å². The number of nitrogens with zero attached hydrogens (tertiary/aromatic N) is 1. The van der Waals surface area contributed by atoms with Gasteiger partial charge in [-0.05, 0) is 23.8 Å². The predicted molar refractivity (Wildman–Crippen MR) is 70.3 cm³/mol. The molecule has 0 unspecified atom stereocenters. The Bertz CT molecular complexity index is 589. The van der Waals surface area contributed by atoms with Crippen LogP contribution in [0, 0.1) is 0 Å². The summed E-state index contributed by atoms with van der Waals surface area (Å²) < 4.78 is 16.2. The lowest BCUT2D eigenvalue weighted by molar-refractivity contribution is 0.107. The molecule has 0 atom stereocenters. The smallest absolute Gasteiger partial charge is 0.231 e. The monoisotopic (exact) mass is 277 g/mol. The van der Waals surface area contributed by atoms with Gasteiger partial charge in [-0.1, -0.05) is 23.7 Å². The Hall–Kier alpha value is -1.78. The minimum atomic E-state index is 0.283. The van der Waals surface area contributed by atoms with Crippen molar-refractivity contribution in [3.8, 4) is 11.5 Å². The summed E-state index contributed by atoms with van der Waals surface area (Å²) in [5.74, 6) is 1.54. The number of benzene rings is 1. The molecule has 2 aromatic rings. The number of aromatic nitrogens is 1. The molecule has 3 rings (SSSR count). The highest BCUT2D eigenvalue weighted by Crippen LogP contribution is 2.32. The van der Waals surface area contributed by atoms with Crippen molar-refractivity contribution in [1.29, 1.82) is 0 Å². The van der Waals surface area contributed by atoms with E-state index < -0.39 is 0 Å². The Morgan fingerprint density at radius 2 is 2.05 bits per heavy atom. The highest BCUT2D eigenvalue weighted by molar-refractivity contribution is 6.30. The first-order valence-electron chi connectivity index (χ1n) is 5.88. The largest absolute Gasteiger partial charge is 0.454 e. The van der Waals surface area contributed by atoms with Gasteiger partial charge in [0.2, 0.25) is 6.79 Å². The average Bonchev–Trinajstić information content (AvgIpc) is 2.88. The number of hydrogen-bond acceptors (Lipinski definition) is 4. The maximum Gasteiger partial charge on any atom is 0.231 e. The Labute approximate surface area is 115 Å². The van der Waals surface area contributed by atoms with Crippen molar-refractivity contribution in [2.24, 2.45) is 0 Å². The number of rotatable bonds is 4. The van der Waals surface area contributed by atoms with Gasteiger partial charge in [0.1, 0.15) is 5.15 Å². The van der Waals surface area contributed by atoms with Gasteiger partial charge in [0.25, 0.3) is 0 Å². The Kier molecular flexibility index (Phi) is 3.53. The van der Waals surface area contributed by atoms with Gasteiger partial charge in [0.15, 0.2) is 11.5 Å². The molecule has 0 bridgehead atoms. The first-order valence-corrected chi connectivity index (χ1v) is 6.26. The van der Waals surface area contributed by atoms with Crippen LogP contribution in [-0.4, -0.2) is 11.8 Å². The fourth-order valence-corrected chi connectivity index (χ4v) is 2.01. The van der Waals surface area contributed by atoms with Crippen molar-refractivity contribution < 1.29 is 14.2 Å². The standard InChI is InChI=1S/C14H12ClNO3/c15-14-11(2-1-5-16-14)8-17-7-10-3-4-12-13(6-10)19-9-18-12/h1-6H,7-9H2. The van der Waals surface area contributed by atoms with Crippen LogP contribution in [-0.2, 0) is 18.0 Å². The van der Waals surface area contributed by atoms with Crippen molar-refractivity contribution >= 4 is 11.6 Å². The third-order valence-electron chi connectivity index (χ3n) is 2.80. The first-order chi connectivity index (χ1) is 9.33. The van der Waals surface area contributed by atoms with Gasteiger partial charge in [-0.2, -0.15) is 0 Å². The first kappa shape index (κ1) is 12.3. The highest BCUT2D eigenvalue weighted by atomic mass is 35.5. The molecule has 0 amide bonds. The van der Waals surface area contributed by atoms with E-state index in [1.54, 1.807) is 6.20 Å². The number of fused-ring (bicyclic) bond motifs is 1. The summed E-state index contributed by atoms with van der Waals surface area (Å²) in [5, 5.41) is 0.480. The predicted octanol–water partition coefficient (Wildman–Crippen LogP) is 3.18. The second kappa shape index (κ2) is 5.47. The lowest BCUT2D eigenvalue weighted by Crippen LogP contribution is -1.96. The summed E-state index contributed by atoms with van der Waals surface area (Å²) in [6.45, 7) is 1.20. The van der Waals surface area contributed by atoms with E-state index in [2.05, 4.69) is 4.98 Å². The molecule has 1 aliphatic rings. The minimum absolute atomic E-state index is 0.283. The topological polar surface area (TPSA) is 40.6 Å². The fraction of sp³-hybridized carbons (Fsp3) is 0.214. The Morgan fingerprint density at radius 1 is 1.16 bits per heavy atom. The van der Waals surface area contributed by atoms with E-state index in [0.717, 1.165) is 22.6 Å². The molecule has 0 spiro atoms. The summed E-state index contributed by atoms with van der Waals surface area (Å²) in [5.41, 5.74) is 1.91. The SMILES string of the molecule is Clc1ncccc1COCc1ccc2c(c1)OCO2. The van der Waals surface area contributed by atoms with E-state index in [1.165, 1.54) is 0 Å². The molecule has 1 aromatic carbocycles. The van der Waals surface area contributed by atoms with E-state index >= 15 is 0 Å². The van der Waals surface area contributed by atoms with Gasteiger partial charge < -0.3 is 14.2 Å². The van der Waals surface area contributed by atoms with Crippen LogP contribution in [0.3, 0.4) is 0 Å². The van der Waals surface area contributed by atoms with Crippen LogP contribution in [0.1, 0.15) is 11.1 Å². The second-order valence-electron chi connectivity index (χ2n) is 4.13. The molecule has 2 heterocycles. The zero-order valence-corrected chi connectivity index (χ0v) is 10.9.